The van der Waals surface area contributed by atoms with E-state index >= 15 is 0 Å². The quantitative estimate of drug-likeness (QED) is 0.835. The summed E-state index contributed by atoms with van der Waals surface area (Å²) in [5.74, 6) is -1.11. The Labute approximate surface area is 156 Å². The third kappa shape index (κ3) is 3.88. The Morgan fingerprint density at radius 1 is 1.27 bits per heavy atom. The van der Waals surface area contributed by atoms with Gasteiger partial charge in [0.1, 0.15) is 11.9 Å². The lowest BCUT2D eigenvalue weighted by atomic mass is 9.99. The van der Waals surface area contributed by atoms with Gasteiger partial charge < -0.3 is 5.32 Å². The van der Waals surface area contributed by atoms with E-state index in [9.17, 15) is 17.6 Å². The largest absolute Gasteiger partial charge is 0.325 e. The Hall–Kier alpha value is -2.00. The van der Waals surface area contributed by atoms with Gasteiger partial charge in [-0.25, -0.2) is 4.39 Å². The summed E-state index contributed by atoms with van der Waals surface area (Å²) in [5, 5.41) is 2.47. The first-order valence-corrected chi connectivity index (χ1v) is 9.66. The summed E-state index contributed by atoms with van der Waals surface area (Å²) in [6, 6.07) is 11.4. The second kappa shape index (κ2) is 7.32. The molecule has 2 N–H and O–H groups in total. The van der Waals surface area contributed by atoms with E-state index in [1.54, 1.807) is 24.3 Å². The highest BCUT2D eigenvalue weighted by Gasteiger charge is 2.40. The molecule has 2 aromatic rings. The van der Waals surface area contributed by atoms with Crippen molar-refractivity contribution < 1.29 is 17.6 Å². The number of halogens is 2. The van der Waals surface area contributed by atoms with Crippen molar-refractivity contribution >= 4 is 33.4 Å². The van der Waals surface area contributed by atoms with E-state index in [1.165, 1.54) is 19.2 Å². The average Bonchev–Trinajstić information content (AvgIpc) is 2.61. The number of carbonyl (C=O) groups is 1. The summed E-state index contributed by atoms with van der Waals surface area (Å²) < 4.78 is 41.6. The Morgan fingerprint density at radius 2 is 1.96 bits per heavy atom. The summed E-state index contributed by atoms with van der Waals surface area (Å²) in [6.07, 6.45) is 0.250. The maximum Gasteiger partial charge on any atom is 0.280 e. The normalized spacial score (nSPS) is 22.7. The third-order valence-corrected chi connectivity index (χ3v) is 6.14. The van der Waals surface area contributed by atoms with Gasteiger partial charge in [-0.1, -0.05) is 41.9 Å². The Bertz CT molecular complexity index is 924. The number of likely N-dealkylation sites (N-methyl/N-ethyl adjacent to an activating group) is 1. The van der Waals surface area contributed by atoms with Crippen LogP contribution in [0.4, 0.5) is 10.1 Å². The second-order valence-corrected chi connectivity index (χ2v) is 8.14. The molecule has 0 bridgehead atoms. The van der Waals surface area contributed by atoms with Crippen molar-refractivity contribution in [3.05, 3.63) is 64.9 Å². The smallest absolute Gasteiger partial charge is 0.280 e. The number of anilines is 1. The van der Waals surface area contributed by atoms with Crippen molar-refractivity contribution in [1.82, 2.24) is 9.03 Å². The molecule has 0 saturated carbocycles. The van der Waals surface area contributed by atoms with Gasteiger partial charge in [0, 0.05) is 18.8 Å². The molecule has 2 atom stereocenters. The highest BCUT2D eigenvalue weighted by molar-refractivity contribution is 7.87. The molecule has 0 spiro atoms. The minimum Gasteiger partial charge on any atom is -0.325 e. The zero-order valence-corrected chi connectivity index (χ0v) is 15.4. The number of amides is 1. The predicted octanol–water partition coefficient (Wildman–Crippen LogP) is 2.70. The Morgan fingerprint density at radius 3 is 2.62 bits per heavy atom. The Kier molecular flexibility index (Phi) is 5.29. The molecule has 138 valence electrons. The molecule has 26 heavy (non-hydrogen) atoms. The topological polar surface area (TPSA) is 78.5 Å². The SMILES string of the molecule is CN1C(C(=O)Nc2ccc(F)c(Cl)c2)CC(c2ccccc2)NS1(=O)=O. The van der Waals surface area contributed by atoms with E-state index in [4.69, 9.17) is 11.6 Å². The van der Waals surface area contributed by atoms with Crippen LogP contribution >= 0.6 is 11.6 Å². The molecular weight excluding hydrogens is 381 g/mol. The van der Waals surface area contributed by atoms with E-state index in [-0.39, 0.29) is 11.4 Å². The monoisotopic (exact) mass is 397 g/mol. The fraction of sp³-hybridized carbons (Fsp3) is 0.235. The summed E-state index contributed by atoms with van der Waals surface area (Å²) in [7, 11) is -2.48. The van der Waals surface area contributed by atoms with Crippen LogP contribution in [0.5, 0.6) is 0 Å². The molecule has 1 heterocycles. The number of hydrogen-bond acceptors (Lipinski definition) is 3. The average molecular weight is 398 g/mol. The lowest BCUT2D eigenvalue weighted by Crippen LogP contribution is -2.55. The first-order chi connectivity index (χ1) is 12.3. The number of nitrogens with one attached hydrogen (secondary N) is 2. The summed E-state index contributed by atoms with van der Waals surface area (Å²) in [6.45, 7) is 0. The number of hydrogen-bond donors (Lipinski definition) is 2. The van der Waals surface area contributed by atoms with E-state index in [0.717, 1.165) is 15.9 Å². The molecule has 0 aromatic heterocycles. The molecule has 0 radical (unpaired) electrons. The van der Waals surface area contributed by atoms with Crippen LogP contribution in [0, 0.1) is 5.82 Å². The lowest BCUT2D eigenvalue weighted by Gasteiger charge is -2.36. The van der Waals surface area contributed by atoms with Crippen molar-refractivity contribution in [2.24, 2.45) is 0 Å². The zero-order valence-electron chi connectivity index (χ0n) is 13.8. The number of carbonyl (C=O) groups excluding carboxylic acids is 1. The minimum absolute atomic E-state index is 0.128. The third-order valence-electron chi connectivity index (χ3n) is 4.26. The predicted molar refractivity (Wildman–Crippen MR) is 97.4 cm³/mol. The van der Waals surface area contributed by atoms with Gasteiger partial charge in [0.2, 0.25) is 5.91 Å². The fourth-order valence-electron chi connectivity index (χ4n) is 2.81. The minimum atomic E-state index is -3.82. The summed E-state index contributed by atoms with van der Waals surface area (Å²) in [4.78, 5) is 12.7. The van der Waals surface area contributed by atoms with Gasteiger partial charge >= 0.3 is 0 Å². The molecule has 2 aromatic carbocycles. The van der Waals surface area contributed by atoms with Crippen LogP contribution in [0.25, 0.3) is 0 Å². The van der Waals surface area contributed by atoms with Crippen LogP contribution in [0.2, 0.25) is 5.02 Å². The number of nitrogens with zero attached hydrogens (tertiary/aromatic N) is 1. The summed E-state index contributed by atoms with van der Waals surface area (Å²) in [5.41, 5.74) is 1.06. The van der Waals surface area contributed by atoms with Crippen molar-refractivity contribution in [2.75, 3.05) is 12.4 Å². The molecule has 1 amide bonds. The highest BCUT2D eigenvalue weighted by atomic mass is 35.5. The van der Waals surface area contributed by atoms with Gasteiger partial charge in [0.15, 0.2) is 0 Å². The molecule has 9 heteroatoms. The van der Waals surface area contributed by atoms with Gasteiger partial charge in [-0.3, -0.25) is 4.79 Å². The fourth-order valence-corrected chi connectivity index (χ4v) is 4.27. The van der Waals surface area contributed by atoms with Crippen molar-refractivity contribution in [2.45, 2.75) is 18.5 Å². The highest BCUT2D eigenvalue weighted by Crippen LogP contribution is 2.28. The lowest BCUT2D eigenvalue weighted by molar-refractivity contribution is -0.120. The van der Waals surface area contributed by atoms with Gasteiger partial charge in [-0.15, -0.1) is 0 Å². The van der Waals surface area contributed by atoms with E-state index in [0.29, 0.717) is 5.69 Å². The maximum atomic E-state index is 13.3. The van der Waals surface area contributed by atoms with Crippen LogP contribution < -0.4 is 10.0 Å². The molecule has 1 aliphatic rings. The van der Waals surface area contributed by atoms with E-state index < -0.39 is 34.0 Å². The molecule has 1 saturated heterocycles. The molecule has 2 unspecified atom stereocenters. The first-order valence-electron chi connectivity index (χ1n) is 7.84. The molecule has 1 aliphatic heterocycles. The van der Waals surface area contributed by atoms with Crippen LogP contribution in [0.15, 0.2) is 48.5 Å². The van der Waals surface area contributed by atoms with Gasteiger partial charge in [-0.05, 0) is 30.2 Å². The van der Waals surface area contributed by atoms with Gasteiger partial charge in [0.25, 0.3) is 10.2 Å². The van der Waals surface area contributed by atoms with E-state index in [1.807, 2.05) is 6.07 Å². The number of rotatable bonds is 3. The molecular formula is C17H17ClFN3O3S. The van der Waals surface area contributed by atoms with Crippen molar-refractivity contribution in [3.8, 4) is 0 Å². The van der Waals surface area contributed by atoms with Gasteiger partial charge in [-0.2, -0.15) is 17.4 Å². The molecule has 1 fully saturated rings. The van der Waals surface area contributed by atoms with Crippen LogP contribution in [-0.2, 0) is 15.0 Å². The van der Waals surface area contributed by atoms with Crippen molar-refractivity contribution in [1.29, 1.82) is 0 Å². The summed E-state index contributed by atoms with van der Waals surface area (Å²) >= 11 is 5.72. The van der Waals surface area contributed by atoms with E-state index in [2.05, 4.69) is 10.0 Å². The number of benzene rings is 2. The van der Waals surface area contributed by atoms with Gasteiger partial charge in [0.05, 0.1) is 5.02 Å². The Balaban J connectivity index is 1.84. The molecule has 3 rings (SSSR count). The molecule has 0 aliphatic carbocycles. The second-order valence-electron chi connectivity index (χ2n) is 5.97. The van der Waals surface area contributed by atoms with Crippen LogP contribution in [0.1, 0.15) is 18.0 Å². The zero-order chi connectivity index (χ0) is 18.9. The standard InChI is InChI=1S/C17H17ClFN3O3S/c1-22-16(17(23)20-12-7-8-14(19)13(18)9-12)10-15(21-26(22,24)25)11-5-3-2-4-6-11/h2-9,15-16,21H,10H2,1H3,(H,20,23). The maximum absolute atomic E-state index is 13.3. The molecule has 6 nitrogen and oxygen atoms in total. The van der Waals surface area contributed by atoms with Crippen LogP contribution in [0.3, 0.4) is 0 Å². The first kappa shape index (κ1) is 18.8. The van der Waals surface area contributed by atoms with Crippen molar-refractivity contribution in [3.63, 3.8) is 0 Å². The van der Waals surface area contributed by atoms with Crippen LogP contribution in [-0.4, -0.2) is 31.7 Å².